The van der Waals surface area contributed by atoms with E-state index in [1.165, 1.54) is 11.8 Å². The van der Waals surface area contributed by atoms with Gasteiger partial charge in [0.05, 0.1) is 5.75 Å². The Labute approximate surface area is 176 Å². The SMILES string of the molecule is O=C(CSc1ccc2nnc(-c3ccccn3)n2n1)Nc1cccc2ccccc12. The first kappa shape index (κ1) is 18.3. The molecule has 0 saturated heterocycles. The molecular weight excluding hydrogens is 396 g/mol. The summed E-state index contributed by atoms with van der Waals surface area (Å²) in [6.45, 7) is 0. The van der Waals surface area contributed by atoms with Gasteiger partial charge in [0.15, 0.2) is 5.65 Å². The Balaban J connectivity index is 1.33. The van der Waals surface area contributed by atoms with Crippen LogP contribution in [-0.4, -0.2) is 36.5 Å². The summed E-state index contributed by atoms with van der Waals surface area (Å²) in [6.07, 6.45) is 1.70. The first-order valence-corrected chi connectivity index (χ1v) is 10.3. The maximum Gasteiger partial charge on any atom is 0.234 e. The molecule has 0 aliphatic carbocycles. The van der Waals surface area contributed by atoms with Crippen molar-refractivity contribution < 1.29 is 4.79 Å². The minimum Gasteiger partial charge on any atom is -0.325 e. The molecule has 0 bridgehead atoms. The minimum absolute atomic E-state index is 0.0908. The van der Waals surface area contributed by atoms with E-state index in [9.17, 15) is 4.79 Å². The van der Waals surface area contributed by atoms with Crippen LogP contribution < -0.4 is 5.32 Å². The van der Waals surface area contributed by atoms with E-state index in [2.05, 4.69) is 25.6 Å². The summed E-state index contributed by atoms with van der Waals surface area (Å²) >= 11 is 1.36. The lowest BCUT2D eigenvalue weighted by Gasteiger charge is -2.08. The number of benzene rings is 2. The highest BCUT2D eigenvalue weighted by atomic mass is 32.2. The Morgan fingerprint density at radius 3 is 2.70 bits per heavy atom. The lowest BCUT2D eigenvalue weighted by Crippen LogP contribution is -2.14. The van der Waals surface area contributed by atoms with Crippen molar-refractivity contribution in [2.75, 3.05) is 11.1 Å². The molecule has 1 N–H and O–H groups in total. The van der Waals surface area contributed by atoms with Crippen molar-refractivity contribution in [2.45, 2.75) is 5.03 Å². The average molecular weight is 412 g/mol. The molecular formula is C22H16N6OS. The lowest BCUT2D eigenvalue weighted by molar-refractivity contribution is -0.113. The molecule has 0 saturated carbocycles. The van der Waals surface area contributed by atoms with Crippen LogP contribution in [0.4, 0.5) is 5.69 Å². The molecule has 30 heavy (non-hydrogen) atoms. The molecule has 7 nitrogen and oxygen atoms in total. The summed E-state index contributed by atoms with van der Waals surface area (Å²) in [6, 6.07) is 23.1. The number of thioether (sulfide) groups is 1. The average Bonchev–Trinajstić information content (AvgIpc) is 3.22. The smallest absolute Gasteiger partial charge is 0.234 e. The summed E-state index contributed by atoms with van der Waals surface area (Å²) in [4.78, 5) is 16.8. The quantitative estimate of drug-likeness (QED) is 0.438. The van der Waals surface area contributed by atoms with Gasteiger partial charge in [-0.3, -0.25) is 9.78 Å². The highest BCUT2D eigenvalue weighted by Crippen LogP contribution is 2.24. The maximum absolute atomic E-state index is 12.5. The molecule has 146 valence electrons. The second kappa shape index (κ2) is 7.92. The van der Waals surface area contributed by atoms with Crippen molar-refractivity contribution in [2.24, 2.45) is 0 Å². The topological polar surface area (TPSA) is 85.1 Å². The summed E-state index contributed by atoms with van der Waals surface area (Å²) in [5.74, 6) is 0.711. The third-order valence-electron chi connectivity index (χ3n) is 4.55. The Bertz CT molecular complexity index is 1350. The predicted molar refractivity (Wildman–Crippen MR) is 117 cm³/mol. The van der Waals surface area contributed by atoms with Crippen LogP contribution in [0.25, 0.3) is 27.9 Å². The van der Waals surface area contributed by atoms with Crippen LogP contribution in [0.5, 0.6) is 0 Å². The Morgan fingerprint density at radius 1 is 0.933 bits per heavy atom. The van der Waals surface area contributed by atoms with Gasteiger partial charge in [-0.25, -0.2) is 0 Å². The maximum atomic E-state index is 12.5. The second-order valence-corrected chi connectivity index (χ2v) is 7.54. The van der Waals surface area contributed by atoms with Gasteiger partial charge in [-0.15, -0.1) is 10.2 Å². The molecule has 2 aromatic carbocycles. The van der Waals surface area contributed by atoms with Gasteiger partial charge in [0.1, 0.15) is 10.7 Å². The van der Waals surface area contributed by atoms with Gasteiger partial charge in [0.2, 0.25) is 11.7 Å². The Hall–Kier alpha value is -3.78. The van der Waals surface area contributed by atoms with Crippen LogP contribution in [0.1, 0.15) is 0 Å². The molecule has 1 amide bonds. The molecule has 0 aliphatic heterocycles. The lowest BCUT2D eigenvalue weighted by atomic mass is 10.1. The molecule has 0 atom stereocenters. The number of nitrogens with one attached hydrogen (secondary N) is 1. The fourth-order valence-electron chi connectivity index (χ4n) is 3.16. The van der Waals surface area contributed by atoms with Gasteiger partial charge in [-0.2, -0.15) is 9.61 Å². The number of hydrogen-bond donors (Lipinski definition) is 1. The van der Waals surface area contributed by atoms with Crippen LogP contribution in [0.3, 0.4) is 0 Å². The van der Waals surface area contributed by atoms with Crippen molar-refractivity contribution in [3.63, 3.8) is 0 Å². The summed E-state index contributed by atoms with van der Waals surface area (Å²) in [7, 11) is 0. The summed E-state index contributed by atoms with van der Waals surface area (Å²) in [5.41, 5.74) is 2.12. The third kappa shape index (κ3) is 3.60. The summed E-state index contributed by atoms with van der Waals surface area (Å²) in [5, 5.41) is 18.7. The highest BCUT2D eigenvalue weighted by molar-refractivity contribution is 7.99. The number of fused-ring (bicyclic) bond motifs is 2. The van der Waals surface area contributed by atoms with E-state index in [1.807, 2.05) is 72.8 Å². The van der Waals surface area contributed by atoms with Crippen LogP contribution >= 0.6 is 11.8 Å². The van der Waals surface area contributed by atoms with Crippen molar-refractivity contribution in [3.8, 4) is 11.5 Å². The molecule has 5 aromatic rings. The predicted octanol–water partition coefficient (Wildman–Crippen LogP) is 4.07. The van der Waals surface area contributed by atoms with Crippen LogP contribution in [0, 0.1) is 0 Å². The zero-order chi connectivity index (χ0) is 20.3. The molecule has 0 fully saturated rings. The van der Waals surface area contributed by atoms with E-state index in [0.29, 0.717) is 22.2 Å². The van der Waals surface area contributed by atoms with Crippen molar-refractivity contribution >= 4 is 39.8 Å². The van der Waals surface area contributed by atoms with Gasteiger partial charge in [-0.05, 0) is 35.7 Å². The zero-order valence-corrected chi connectivity index (χ0v) is 16.6. The van der Waals surface area contributed by atoms with Gasteiger partial charge < -0.3 is 5.32 Å². The van der Waals surface area contributed by atoms with E-state index in [1.54, 1.807) is 10.7 Å². The standard InChI is InChI=1S/C22H16N6OS/c29-20(24-17-10-5-7-15-6-1-2-8-16(15)17)14-30-21-12-11-19-25-26-22(28(19)27-21)18-9-3-4-13-23-18/h1-13H,14H2,(H,24,29). The monoisotopic (exact) mass is 412 g/mol. The first-order valence-electron chi connectivity index (χ1n) is 9.32. The van der Waals surface area contributed by atoms with E-state index >= 15 is 0 Å². The van der Waals surface area contributed by atoms with Gasteiger partial charge >= 0.3 is 0 Å². The van der Waals surface area contributed by atoms with E-state index in [4.69, 9.17) is 0 Å². The van der Waals surface area contributed by atoms with Crippen LogP contribution in [-0.2, 0) is 4.79 Å². The fourth-order valence-corrected chi connectivity index (χ4v) is 3.82. The number of pyridine rings is 1. The first-order chi connectivity index (χ1) is 14.8. The molecule has 0 aliphatic rings. The van der Waals surface area contributed by atoms with Gasteiger partial charge in [0, 0.05) is 17.3 Å². The number of nitrogens with zero attached hydrogens (tertiary/aromatic N) is 5. The third-order valence-corrected chi connectivity index (χ3v) is 5.47. The molecule has 3 aromatic heterocycles. The number of amides is 1. The van der Waals surface area contributed by atoms with Crippen molar-refractivity contribution in [3.05, 3.63) is 79.0 Å². The Morgan fingerprint density at radius 2 is 1.80 bits per heavy atom. The van der Waals surface area contributed by atoms with Crippen molar-refractivity contribution in [1.29, 1.82) is 0 Å². The minimum atomic E-state index is -0.0908. The molecule has 0 unspecified atom stereocenters. The van der Waals surface area contributed by atoms with Crippen molar-refractivity contribution in [1.82, 2.24) is 24.8 Å². The van der Waals surface area contributed by atoms with Crippen LogP contribution in [0.2, 0.25) is 0 Å². The molecule has 0 spiro atoms. The van der Waals surface area contributed by atoms with E-state index in [-0.39, 0.29) is 11.7 Å². The van der Waals surface area contributed by atoms with Crippen LogP contribution in [0.15, 0.2) is 84.0 Å². The van der Waals surface area contributed by atoms with E-state index < -0.39 is 0 Å². The molecule has 5 rings (SSSR count). The summed E-state index contributed by atoms with van der Waals surface area (Å²) < 4.78 is 1.65. The normalized spacial score (nSPS) is 11.1. The molecule has 3 heterocycles. The number of aromatic nitrogens is 5. The number of hydrogen-bond acceptors (Lipinski definition) is 6. The van der Waals surface area contributed by atoms with Gasteiger partial charge in [-0.1, -0.05) is 54.2 Å². The zero-order valence-electron chi connectivity index (χ0n) is 15.8. The second-order valence-electron chi connectivity index (χ2n) is 6.54. The number of carbonyl (C=O) groups excluding carboxylic acids is 1. The van der Waals surface area contributed by atoms with E-state index in [0.717, 1.165) is 16.5 Å². The molecule has 8 heteroatoms. The Kier molecular flexibility index (Phi) is 4.82. The number of anilines is 1. The van der Waals surface area contributed by atoms with Gasteiger partial charge in [0.25, 0.3) is 0 Å². The largest absolute Gasteiger partial charge is 0.325 e. The highest BCUT2D eigenvalue weighted by Gasteiger charge is 2.12. The number of rotatable bonds is 5. The fraction of sp³-hybridized carbons (Fsp3) is 0.0455. The molecule has 0 radical (unpaired) electrons. The number of carbonyl (C=O) groups is 1.